The van der Waals surface area contributed by atoms with E-state index >= 15 is 0 Å². The minimum Gasteiger partial charge on any atom is -0.493 e. The fourth-order valence-corrected chi connectivity index (χ4v) is 2.07. The number of benzene rings is 2. The molecular formula is C17H19N3O2S. The molecule has 0 saturated heterocycles. The smallest absolute Gasteiger partial charge is 0.184 e. The van der Waals surface area contributed by atoms with Crippen molar-refractivity contribution in [2.24, 2.45) is 10.8 Å². The van der Waals surface area contributed by atoms with Crippen LogP contribution in [0, 0.1) is 6.92 Å². The van der Waals surface area contributed by atoms with Gasteiger partial charge in [0.15, 0.2) is 16.6 Å². The van der Waals surface area contributed by atoms with E-state index in [-0.39, 0.29) is 5.11 Å². The van der Waals surface area contributed by atoms with Crippen molar-refractivity contribution in [3.8, 4) is 11.5 Å². The lowest BCUT2D eigenvalue weighted by molar-refractivity contribution is 0.284. The lowest BCUT2D eigenvalue weighted by Crippen LogP contribution is -2.23. The number of hydrogen-bond donors (Lipinski definition) is 2. The van der Waals surface area contributed by atoms with Crippen LogP contribution in [-0.2, 0) is 6.61 Å². The van der Waals surface area contributed by atoms with E-state index in [1.165, 1.54) is 5.56 Å². The molecule has 0 aliphatic rings. The molecule has 0 heterocycles. The normalized spacial score (nSPS) is 10.5. The van der Waals surface area contributed by atoms with E-state index in [9.17, 15) is 0 Å². The largest absolute Gasteiger partial charge is 0.493 e. The van der Waals surface area contributed by atoms with E-state index in [2.05, 4.69) is 29.6 Å². The maximum atomic E-state index is 5.88. The first kappa shape index (κ1) is 16.8. The summed E-state index contributed by atoms with van der Waals surface area (Å²) >= 11 is 4.69. The second-order valence-electron chi connectivity index (χ2n) is 4.92. The predicted octanol–water partition coefficient (Wildman–Crippen LogP) is 2.75. The Labute approximate surface area is 141 Å². The highest BCUT2D eigenvalue weighted by Crippen LogP contribution is 2.28. The average Bonchev–Trinajstić information content (AvgIpc) is 2.53. The second-order valence-corrected chi connectivity index (χ2v) is 5.36. The highest BCUT2D eigenvalue weighted by atomic mass is 32.1. The van der Waals surface area contributed by atoms with Gasteiger partial charge in [-0.3, -0.25) is 5.43 Å². The van der Waals surface area contributed by atoms with Crippen LogP contribution in [0.3, 0.4) is 0 Å². The van der Waals surface area contributed by atoms with Crippen LogP contribution in [0.5, 0.6) is 11.5 Å². The Hall–Kier alpha value is -2.60. The number of ether oxygens (including phenoxy) is 2. The summed E-state index contributed by atoms with van der Waals surface area (Å²) in [6, 6.07) is 13.7. The molecule has 2 aromatic rings. The first-order chi connectivity index (χ1) is 11.1. The number of hydrogen-bond acceptors (Lipinski definition) is 4. The third kappa shape index (κ3) is 5.27. The van der Waals surface area contributed by atoms with Crippen molar-refractivity contribution >= 4 is 23.5 Å². The summed E-state index contributed by atoms with van der Waals surface area (Å²) in [4.78, 5) is 0. The molecule has 23 heavy (non-hydrogen) atoms. The number of aryl methyl sites for hydroxylation is 1. The van der Waals surface area contributed by atoms with Crippen LogP contribution in [0.15, 0.2) is 47.6 Å². The molecule has 0 radical (unpaired) electrons. The fraction of sp³-hybridized carbons (Fsp3) is 0.176. The van der Waals surface area contributed by atoms with Crippen molar-refractivity contribution in [1.82, 2.24) is 5.43 Å². The second kappa shape index (κ2) is 8.14. The van der Waals surface area contributed by atoms with Crippen molar-refractivity contribution in [1.29, 1.82) is 0 Å². The zero-order chi connectivity index (χ0) is 16.7. The molecule has 0 aliphatic heterocycles. The topological polar surface area (TPSA) is 68.9 Å². The zero-order valence-electron chi connectivity index (χ0n) is 13.1. The molecule has 2 aromatic carbocycles. The third-order valence-electron chi connectivity index (χ3n) is 3.05. The van der Waals surface area contributed by atoms with E-state index in [1.54, 1.807) is 13.3 Å². The SMILES string of the molecule is COc1ccc(C=NNC(N)=S)cc1OCc1cccc(C)c1. The van der Waals surface area contributed by atoms with Gasteiger partial charge in [0.2, 0.25) is 0 Å². The van der Waals surface area contributed by atoms with Crippen LogP contribution in [0.2, 0.25) is 0 Å². The highest BCUT2D eigenvalue weighted by Gasteiger charge is 2.06. The van der Waals surface area contributed by atoms with Crippen LogP contribution in [-0.4, -0.2) is 18.4 Å². The van der Waals surface area contributed by atoms with E-state index < -0.39 is 0 Å². The van der Waals surface area contributed by atoms with Crippen molar-refractivity contribution in [3.63, 3.8) is 0 Å². The fourth-order valence-electron chi connectivity index (χ4n) is 2.02. The molecule has 2 rings (SSSR count). The molecule has 6 heteroatoms. The maximum absolute atomic E-state index is 5.88. The van der Waals surface area contributed by atoms with Crippen LogP contribution < -0.4 is 20.6 Å². The standard InChI is InChI=1S/C17H19N3O2S/c1-12-4-3-5-14(8-12)11-22-16-9-13(6-7-15(16)21-2)10-19-20-17(18)23/h3-10H,11H2,1-2H3,(H3,18,20,23). The van der Waals surface area contributed by atoms with Crippen LogP contribution in [0.4, 0.5) is 0 Å². The van der Waals surface area contributed by atoms with E-state index in [1.807, 2.05) is 30.3 Å². The molecule has 5 nitrogen and oxygen atoms in total. The van der Waals surface area contributed by atoms with Gasteiger partial charge >= 0.3 is 0 Å². The molecule has 120 valence electrons. The Morgan fingerprint density at radius 1 is 1.26 bits per heavy atom. The molecule has 0 fully saturated rings. The molecule has 0 aromatic heterocycles. The highest BCUT2D eigenvalue weighted by molar-refractivity contribution is 7.80. The summed E-state index contributed by atoms with van der Waals surface area (Å²) in [5.74, 6) is 1.31. The van der Waals surface area contributed by atoms with Crippen LogP contribution in [0.25, 0.3) is 0 Å². The van der Waals surface area contributed by atoms with Crippen molar-refractivity contribution < 1.29 is 9.47 Å². The maximum Gasteiger partial charge on any atom is 0.184 e. The van der Waals surface area contributed by atoms with Gasteiger partial charge in [0.1, 0.15) is 6.61 Å². The van der Waals surface area contributed by atoms with Crippen LogP contribution >= 0.6 is 12.2 Å². The van der Waals surface area contributed by atoms with Gasteiger partial charge in [0, 0.05) is 0 Å². The van der Waals surface area contributed by atoms with E-state index in [4.69, 9.17) is 27.4 Å². The Morgan fingerprint density at radius 3 is 2.78 bits per heavy atom. The molecule has 0 saturated carbocycles. The first-order valence-electron chi connectivity index (χ1n) is 7.03. The average molecular weight is 329 g/mol. The molecule has 0 spiro atoms. The number of nitrogens with two attached hydrogens (primary N) is 1. The lowest BCUT2D eigenvalue weighted by atomic mass is 10.1. The van der Waals surface area contributed by atoms with Gasteiger partial charge in [-0.25, -0.2) is 0 Å². The Morgan fingerprint density at radius 2 is 2.09 bits per heavy atom. The summed E-state index contributed by atoms with van der Waals surface area (Å²) in [5.41, 5.74) is 11.0. The molecular weight excluding hydrogens is 310 g/mol. The number of methoxy groups -OCH3 is 1. The van der Waals surface area contributed by atoms with Crippen molar-refractivity contribution in [2.75, 3.05) is 7.11 Å². The third-order valence-corrected chi connectivity index (χ3v) is 3.14. The molecule has 0 atom stereocenters. The van der Waals surface area contributed by atoms with Gasteiger partial charge in [0.05, 0.1) is 13.3 Å². The summed E-state index contributed by atoms with van der Waals surface area (Å²) < 4.78 is 11.2. The van der Waals surface area contributed by atoms with Gasteiger partial charge in [-0.05, 0) is 48.5 Å². The van der Waals surface area contributed by atoms with Gasteiger partial charge in [-0.1, -0.05) is 29.8 Å². The molecule has 0 bridgehead atoms. The zero-order valence-corrected chi connectivity index (χ0v) is 13.9. The van der Waals surface area contributed by atoms with Crippen molar-refractivity contribution in [3.05, 3.63) is 59.2 Å². The molecule has 0 amide bonds. The summed E-state index contributed by atoms with van der Waals surface area (Å²) in [7, 11) is 1.61. The number of nitrogens with zero attached hydrogens (tertiary/aromatic N) is 1. The molecule has 0 unspecified atom stereocenters. The minimum absolute atomic E-state index is 0.116. The van der Waals surface area contributed by atoms with Gasteiger partial charge < -0.3 is 15.2 Å². The first-order valence-corrected chi connectivity index (χ1v) is 7.44. The van der Waals surface area contributed by atoms with Crippen molar-refractivity contribution in [2.45, 2.75) is 13.5 Å². The summed E-state index contributed by atoms with van der Waals surface area (Å²) in [6.07, 6.45) is 1.61. The molecule has 3 N–H and O–H groups in total. The summed E-state index contributed by atoms with van der Waals surface area (Å²) in [5, 5.41) is 4.05. The number of rotatable bonds is 6. The summed E-state index contributed by atoms with van der Waals surface area (Å²) in [6.45, 7) is 2.51. The Bertz CT molecular complexity index is 717. The van der Waals surface area contributed by atoms with Crippen LogP contribution in [0.1, 0.15) is 16.7 Å². The quantitative estimate of drug-likeness (QED) is 0.484. The van der Waals surface area contributed by atoms with Gasteiger partial charge in [-0.15, -0.1) is 0 Å². The Balaban J connectivity index is 2.12. The number of hydrazone groups is 1. The van der Waals surface area contributed by atoms with E-state index in [0.717, 1.165) is 11.1 Å². The predicted molar refractivity (Wildman–Crippen MR) is 96.0 cm³/mol. The van der Waals surface area contributed by atoms with Gasteiger partial charge in [-0.2, -0.15) is 5.10 Å². The van der Waals surface area contributed by atoms with Gasteiger partial charge in [0.25, 0.3) is 0 Å². The lowest BCUT2D eigenvalue weighted by Gasteiger charge is -2.11. The van der Waals surface area contributed by atoms with E-state index in [0.29, 0.717) is 18.1 Å². The Kier molecular flexibility index (Phi) is 5.94. The monoisotopic (exact) mass is 329 g/mol. The molecule has 0 aliphatic carbocycles. The number of thiocarbonyl (C=S) groups is 1. The minimum atomic E-state index is 0.116. The number of nitrogens with one attached hydrogen (secondary N) is 1.